The Bertz CT molecular complexity index is 585. The number of hydrogen-bond donors (Lipinski definition) is 0. The molecule has 1 atom stereocenters. The van der Waals surface area contributed by atoms with Crippen molar-refractivity contribution in [2.24, 2.45) is 5.92 Å². The fourth-order valence-electron chi connectivity index (χ4n) is 2.82. The largest absolute Gasteiger partial charge is 0.544 e. The molecule has 0 aromatic heterocycles. The van der Waals surface area contributed by atoms with Gasteiger partial charge in [0.2, 0.25) is 0 Å². The van der Waals surface area contributed by atoms with Gasteiger partial charge in [0.15, 0.2) is 6.10 Å². The number of carbonyl (C=O) groups is 2. The number of rotatable bonds is 5. The molecule has 23 heavy (non-hydrogen) atoms. The molecule has 0 heterocycles. The van der Waals surface area contributed by atoms with E-state index in [1.165, 1.54) is 12.1 Å². The summed E-state index contributed by atoms with van der Waals surface area (Å²) >= 11 is 1.98. The van der Waals surface area contributed by atoms with Gasteiger partial charge in [-0.3, -0.25) is 0 Å². The maximum atomic E-state index is 14.0. The third kappa shape index (κ3) is 4.39. The van der Waals surface area contributed by atoms with Gasteiger partial charge < -0.3 is 14.6 Å². The number of halogens is 3. The molecule has 0 saturated heterocycles. The molecule has 7 heteroatoms. The molecule has 2 rings (SSSR count). The van der Waals surface area contributed by atoms with E-state index in [-0.39, 0.29) is 5.56 Å². The molecular weight excluding hydrogens is 421 g/mol. The Morgan fingerprint density at radius 1 is 1.26 bits per heavy atom. The number of carboxylic acids is 1. The second-order valence-electron chi connectivity index (χ2n) is 5.64. The molecule has 0 amide bonds. The van der Waals surface area contributed by atoms with E-state index in [1.807, 2.05) is 22.6 Å². The van der Waals surface area contributed by atoms with Crippen LogP contribution in [-0.4, -0.2) is 24.0 Å². The minimum Gasteiger partial charge on any atom is -0.544 e. The third-order valence-electron chi connectivity index (χ3n) is 4.00. The van der Waals surface area contributed by atoms with Crippen LogP contribution in [0.25, 0.3) is 0 Å². The summed E-state index contributed by atoms with van der Waals surface area (Å²) in [6.45, 7) is 0. The maximum absolute atomic E-state index is 14.0. The lowest BCUT2D eigenvalue weighted by atomic mass is 9.83. The van der Waals surface area contributed by atoms with Crippen LogP contribution in [0.5, 0.6) is 0 Å². The van der Waals surface area contributed by atoms with E-state index in [1.54, 1.807) is 12.1 Å². The van der Waals surface area contributed by atoms with Crippen LogP contribution < -0.4 is 5.11 Å². The molecule has 1 unspecified atom stereocenters. The van der Waals surface area contributed by atoms with Gasteiger partial charge in [-0.1, -0.05) is 25.3 Å². The summed E-state index contributed by atoms with van der Waals surface area (Å²) in [5.74, 6) is -8.34. The van der Waals surface area contributed by atoms with E-state index >= 15 is 0 Å². The van der Waals surface area contributed by atoms with Gasteiger partial charge >= 0.3 is 11.9 Å². The first-order valence-corrected chi connectivity index (χ1v) is 8.46. The molecule has 1 aromatic rings. The highest BCUT2D eigenvalue weighted by Gasteiger charge is 2.48. The Morgan fingerprint density at radius 2 is 1.91 bits per heavy atom. The number of hydrogen-bond acceptors (Lipinski definition) is 4. The molecule has 1 saturated carbocycles. The number of carboxylic acid groups (broad SMARTS) is 1. The summed E-state index contributed by atoms with van der Waals surface area (Å²) in [5, 5.41) is 10.8. The lowest BCUT2D eigenvalue weighted by Crippen LogP contribution is -2.54. The zero-order valence-electron chi connectivity index (χ0n) is 12.3. The molecule has 0 aliphatic heterocycles. The molecule has 0 radical (unpaired) electrons. The molecule has 1 aliphatic rings. The van der Waals surface area contributed by atoms with E-state index in [0.717, 1.165) is 9.99 Å². The highest BCUT2D eigenvalue weighted by atomic mass is 127. The van der Waals surface area contributed by atoms with Gasteiger partial charge in [0.05, 0.1) is 5.56 Å². The van der Waals surface area contributed by atoms with Crippen molar-refractivity contribution in [1.29, 1.82) is 0 Å². The summed E-state index contributed by atoms with van der Waals surface area (Å²) in [4.78, 5) is 23.0. The van der Waals surface area contributed by atoms with Crippen molar-refractivity contribution >= 4 is 34.5 Å². The van der Waals surface area contributed by atoms with Crippen LogP contribution in [0.15, 0.2) is 24.3 Å². The normalized spacial score (nSPS) is 17.5. The van der Waals surface area contributed by atoms with E-state index in [0.29, 0.717) is 25.7 Å². The number of alkyl halides is 2. The standard InChI is InChI=1S/C16H17F2IO4/c17-16(18,15(21)22)13(10-5-2-1-3-6-10)23-14(20)11-7-4-8-12(19)9-11/h4,7-10,13H,1-3,5-6H2,(H,21,22)/p-1. The first-order chi connectivity index (χ1) is 10.8. The number of carbonyl (C=O) groups excluding carboxylic acids is 2. The topological polar surface area (TPSA) is 66.4 Å². The molecular formula is C16H16F2IO4-. The zero-order valence-corrected chi connectivity index (χ0v) is 14.4. The SMILES string of the molecule is O=C(OC(C1CCCCC1)C(F)(F)C(=O)[O-])c1cccc(I)c1. The van der Waals surface area contributed by atoms with E-state index in [2.05, 4.69) is 0 Å². The van der Waals surface area contributed by atoms with E-state index in [9.17, 15) is 23.5 Å². The maximum Gasteiger partial charge on any atom is 0.338 e. The van der Waals surface area contributed by atoms with Crippen LogP contribution in [0.3, 0.4) is 0 Å². The zero-order chi connectivity index (χ0) is 17.0. The van der Waals surface area contributed by atoms with Crippen molar-refractivity contribution in [2.45, 2.75) is 44.1 Å². The van der Waals surface area contributed by atoms with Crippen LogP contribution in [0, 0.1) is 9.49 Å². The average molecular weight is 437 g/mol. The fourth-order valence-corrected chi connectivity index (χ4v) is 3.36. The van der Waals surface area contributed by atoms with E-state index < -0.39 is 29.9 Å². The number of aliphatic carboxylic acids is 1. The lowest BCUT2D eigenvalue weighted by molar-refractivity contribution is -0.337. The summed E-state index contributed by atoms with van der Waals surface area (Å²) in [6, 6.07) is 6.29. The van der Waals surface area contributed by atoms with Gasteiger partial charge in [-0.15, -0.1) is 0 Å². The summed E-state index contributed by atoms with van der Waals surface area (Å²) in [5.41, 5.74) is 0.117. The first-order valence-electron chi connectivity index (χ1n) is 7.38. The lowest BCUT2D eigenvalue weighted by Gasteiger charge is -2.35. The molecule has 1 aromatic carbocycles. The Morgan fingerprint density at radius 3 is 2.48 bits per heavy atom. The molecule has 0 N–H and O–H groups in total. The van der Waals surface area contributed by atoms with Crippen LogP contribution in [0.2, 0.25) is 0 Å². The van der Waals surface area contributed by atoms with Crippen LogP contribution in [-0.2, 0) is 9.53 Å². The first kappa shape index (κ1) is 18.1. The van der Waals surface area contributed by atoms with Crippen molar-refractivity contribution in [2.75, 3.05) is 0 Å². The molecule has 1 aliphatic carbocycles. The average Bonchev–Trinajstić information content (AvgIpc) is 2.52. The van der Waals surface area contributed by atoms with Crippen molar-refractivity contribution in [1.82, 2.24) is 0 Å². The Labute approximate surface area is 146 Å². The molecule has 1 fully saturated rings. The number of esters is 1. The second kappa shape index (κ2) is 7.55. The van der Waals surface area contributed by atoms with Crippen molar-refractivity contribution in [3.05, 3.63) is 33.4 Å². The monoisotopic (exact) mass is 437 g/mol. The van der Waals surface area contributed by atoms with Gasteiger partial charge in [-0.05, 0) is 53.6 Å². The summed E-state index contributed by atoms with van der Waals surface area (Å²) < 4.78 is 33.7. The fraction of sp³-hybridized carbons (Fsp3) is 0.500. The minimum atomic E-state index is -4.21. The van der Waals surface area contributed by atoms with Crippen molar-refractivity contribution in [3.63, 3.8) is 0 Å². The predicted molar refractivity (Wildman–Crippen MR) is 84.9 cm³/mol. The highest BCUT2D eigenvalue weighted by Crippen LogP contribution is 2.36. The molecule has 126 valence electrons. The highest BCUT2D eigenvalue weighted by molar-refractivity contribution is 14.1. The Hall–Kier alpha value is -1.25. The van der Waals surface area contributed by atoms with E-state index in [4.69, 9.17) is 4.74 Å². The smallest absolute Gasteiger partial charge is 0.338 e. The Kier molecular flexibility index (Phi) is 5.94. The van der Waals surface area contributed by atoms with Gasteiger partial charge in [-0.25, -0.2) is 4.79 Å². The second-order valence-corrected chi connectivity index (χ2v) is 6.89. The third-order valence-corrected chi connectivity index (χ3v) is 4.67. The number of benzene rings is 1. The van der Waals surface area contributed by atoms with Gasteiger partial charge in [-0.2, -0.15) is 8.78 Å². The molecule has 0 spiro atoms. The summed E-state index contributed by atoms with van der Waals surface area (Å²) in [7, 11) is 0. The van der Waals surface area contributed by atoms with Crippen molar-refractivity contribution < 1.29 is 28.2 Å². The number of ether oxygens (including phenoxy) is 1. The summed E-state index contributed by atoms with van der Waals surface area (Å²) in [6.07, 6.45) is 1.15. The Balaban J connectivity index is 2.23. The van der Waals surface area contributed by atoms with Crippen LogP contribution in [0.4, 0.5) is 8.78 Å². The minimum absolute atomic E-state index is 0.117. The molecule has 4 nitrogen and oxygen atoms in total. The molecule has 0 bridgehead atoms. The van der Waals surface area contributed by atoms with Gasteiger partial charge in [0.1, 0.15) is 5.97 Å². The van der Waals surface area contributed by atoms with Crippen LogP contribution in [0.1, 0.15) is 42.5 Å². The van der Waals surface area contributed by atoms with Crippen LogP contribution >= 0.6 is 22.6 Å². The van der Waals surface area contributed by atoms with Crippen molar-refractivity contribution in [3.8, 4) is 0 Å². The van der Waals surface area contributed by atoms with Gasteiger partial charge in [0.25, 0.3) is 0 Å². The predicted octanol–water partition coefficient (Wildman–Crippen LogP) is 2.78. The van der Waals surface area contributed by atoms with Gasteiger partial charge in [0, 0.05) is 9.49 Å². The quantitative estimate of drug-likeness (QED) is 0.525.